The summed E-state index contributed by atoms with van der Waals surface area (Å²) in [5.74, 6) is 1.77. The number of imidazole rings is 1. The SMILES string of the molecule is CCCCc1nc2ccc(OC/C(=C\F)CN)cc2n1C.Cc1ccc(S(=O)(=O)O)cc1. The van der Waals surface area contributed by atoms with E-state index in [0.29, 0.717) is 17.7 Å². The van der Waals surface area contributed by atoms with E-state index in [1.807, 2.05) is 32.2 Å². The van der Waals surface area contributed by atoms with E-state index < -0.39 is 10.1 Å². The number of aromatic nitrogens is 2. The smallest absolute Gasteiger partial charge is 0.294 e. The lowest BCUT2D eigenvalue weighted by Gasteiger charge is -2.07. The highest BCUT2D eigenvalue weighted by Crippen LogP contribution is 2.22. The highest BCUT2D eigenvalue weighted by Gasteiger charge is 2.09. The lowest BCUT2D eigenvalue weighted by atomic mass is 10.2. The summed E-state index contributed by atoms with van der Waals surface area (Å²) >= 11 is 0. The molecule has 1 aromatic heterocycles. The van der Waals surface area contributed by atoms with Gasteiger partial charge in [0.2, 0.25) is 0 Å². The van der Waals surface area contributed by atoms with Gasteiger partial charge in [-0.2, -0.15) is 8.42 Å². The maximum Gasteiger partial charge on any atom is 0.294 e. The Morgan fingerprint density at radius 1 is 1.25 bits per heavy atom. The molecule has 3 N–H and O–H groups in total. The number of hydrogen-bond acceptors (Lipinski definition) is 5. The van der Waals surface area contributed by atoms with Gasteiger partial charge in [0.25, 0.3) is 10.1 Å². The number of benzene rings is 2. The van der Waals surface area contributed by atoms with Crippen molar-refractivity contribution in [3.63, 3.8) is 0 Å². The lowest BCUT2D eigenvalue weighted by Crippen LogP contribution is -2.10. The van der Waals surface area contributed by atoms with Gasteiger partial charge in [-0.1, -0.05) is 31.0 Å². The fourth-order valence-electron chi connectivity index (χ4n) is 2.89. The molecule has 9 heteroatoms. The number of fused-ring (bicyclic) bond motifs is 1. The maximum absolute atomic E-state index is 12.5. The molecule has 0 atom stereocenters. The average Bonchev–Trinajstić information content (AvgIpc) is 3.08. The van der Waals surface area contributed by atoms with Gasteiger partial charge >= 0.3 is 0 Å². The second-order valence-corrected chi connectivity index (χ2v) is 8.81. The summed E-state index contributed by atoms with van der Waals surface area (Å²) in [5, 5.41) is 0. The van der Waals surface area contributed by atoms with E-state index in [0.717, 1.165) is 41.7 Å². The van der Waals surface area contributed by atoms with Crippen LogP contribution in [0.2, 0.25) is 0 Å². The molecule has 0 saturated carbocycles. The predicted octanol–water partition coefficient (Wildman–Crippen LogP) is 4.35. The molecule has 32 heavy (non-hydrogen) atoms. The molecule has 3 aromatic rings. The van der Waals surface area contributed by atoms with E-state index in [1.165, 1.54) is 12.1 Å². The second kappa shape index (κ2) is 11.8. The molecule has 0 radical (unpaired) electrons. The van der Waals surface area contributed by atoms with Crippen LogP contribution >= 0.6 is 0 Å². The molecule has 0 spiro atoms. The zero-order chi connectivity index (χ0) is 23.7. The number of nitrogens with two attached hydrogens (primary N) is 1. The molecule has 0 fully saturated rings. The topological polar surface area (TPSA) is 107 Å². The minimum atomic E-state index is -4.02. The predicted molar refractivity (Wildman–Crippen MR) is 124 cm³/mol. The zero-order valence-corrected chi connectivity index (χ0v) is 19.4. The molecule has 0 saturated heterocycles. The van der Waals surface area contributed by atoms with E-state index >= 15 is 0 Å². The van der Waals surface area contributed by atoms with Gasteiger partial charge in [0.05, 0.1) is 22.3 Å². The minimum absolute atomic E-state index is 0.0666. The molecule has 0 aliphatic rings. The number of ether oxygens (including phenoxy) is 1. The normalized spacial score (nSPS) is 11.9. The number of aryl methyl sites for hydroxylation is 3. The van der Waals surface area contributed by atoms with Crippen LogP contribution in [0, 0.1) is 6.92 Å². The summed E-state index contributed by atoms with van der Waals surface area (Å²) in [6, 6.07) is 11.7. The van der Waals surface area contributed by atoms with E-state index in [2.05, 4.69) is 16.5 Å². The Balaban J connectivity index is 0.000000278. The molecule has 0 bridgehead atoms. The molecule has 0 amide bonds. The number of nitrogens with zero attached hydrogens (tertiary/aromatic N) is 2. The summed E-state index contributed by atoms with van der Waals surface area (Å²) in [5.41, 5.74) is 8.78. The van der Waals surface area contributed by atoms with Gasteiger partial charge in [-0.3, -0.25) is 4.55 Å². The van der Waals surface area contributed by atoms with Gasteiger partial charge in [-0.05, 0) is 37.6 Å². The standard InChI is InChI=1S/C16H22FN3O.C7H8O3S/c1-3-4-5-16-19-14-7-6-13(8-15(14)20(16)2)21-11-12(9-17)10-18;1-6-2-4-7(5-3-6)11(8,9)10/h6-9H,3-5,10-11,18H2,1-2H3;2-5H,1H3,(H,8,9,10)/b12-9-;. The molecule has 2 aromatic carbocycles. The van der Waals surface area contributed by atoms with Gasteiger partial charge in [0.15, 0.2) is 0 Å². The summed E-state index contributed by atoms with van der Waals surface area (Å²) in [7, 11) is -2.01. The maximum atomic E-state index is 12.5. The second-order valence-electron chi connectivity index (χ2n) is 7.39. The number of rotatable bonds is 8. The highest BCUT2D eigenvalue weighted by molar-refractivity contribution is 7.85. The Kier molecular flexibility index (Phi) is 9.37. The molecule has 0 aliphatic carbocycles. The Bertz CT molecular complexity index is 1160. The summed E-state index contributed by atoms with van der Waals surface area (Å²) in [6.07, 6.45) is 3.75. The fraction of sp³-hybridized carbons (Fsp3) is 0.348. The number of halogens is 1. The van der Waals surface area contributed by atoms with Crippen molar-refractivity contribution in [3.05, 3.63) is 65.8 Å². The van der Waals surface area contributed by atoms with Crippen LogP contribution in [0.4, 0.5) is 4.39 Å². The molecule has 0 unspecified atom stereocenters. The van der Waals surface area contributed by atoms with Crippen molar-refractivity contribution in [3.8, 4) is 5.75 Å². The number of unbranched alkanes of at least 4 members (excludes halogenated alkanes) is 1. The van der Waals surface area contributed by atoms with Crippen LogP contribution in [0.25, 0.3) is 11.0 Å². The van der Waals surface area contributed by atoms with Crippen molar-refractivity contribution in [2.24, 2.45) is 12.8 Å². The van der Waals surface area contributed by atoms with Crippen LogP contribution in [0.3, 0.4) is 0 Å². The molecule has 3 rings (SSSR count). The Hall–Kier alpha value is -2.75. The van der Waals surface area contributed by atoms with Crippen molar-refractivity contribution >= 4 is 21.2 Å². The van der Waals surface area contributed by atoms with Gasteiger partial charge in [0, 0.05) is 31.7 Å². The Labute approximate surface area is 188 Å². The van der Waals surface area contributed by atoms with Crippen molar-refractivity contribution < 1.29 is 22.1 Å². The van der Waals surface area contributed by atoms with Crippen LogP contribution in [0.5, 0.6) is 5.75 Å². The first-order chi connectivity index (χ1) is 15.2. The van der Waals surface area contributed by atoms with Crippen LogP contribution in [-0.4, -0.2) is 35.7 Å². The summed E-state index contributed by atoms with van der Waals surface area (Å²) in [4.78, 5) is 4.57. The molecular weight excluding hydrogens is 433 g/mol. The quantitative estimate of drug-likeness (QED) is 0.481. The van der Waals surface area contributed by atoms with Gasteiger partial charge < -0.3 is 15.0 Å². The summed E-state index contributed by atoms with van der Waals surface area (Å²) < 4.78 is 49.7. The molecular formula is C23H30FN3O4S. The molecule has 1 heterocycles. The summed E-state index contributed by atoms with van der Waals surface area (Å²) in [6.45, 7) is 4.33. The van der Waals surface area contributed by atoms with Gasteiger partial charge in [-0.15, -0.1) is 0 Å². The highest BCUT2D eigenvalue weighted by atomic mass is 32.2. The van der Waals surface area contributed by atoms with Crippen molar-refractivity contribution in [1.29, 1.82) is 0 Å². The lowest BCUT2D eigenvalue weighted by molar-refractivity contribution is 0.348. The third kappa shape index (κ3) is 7.15. The average molecular weight is 464 g/mol. The van der Waals surface area contributed by atoms with Crippen LogP contribution in [0.15, 0.2) is 59.3 Å². The van der Waals surface area contributed by atoms with Crippen molar-refractivity contribution in [1.82, 2.24) is 9.55 Å². The largest absolute Gasteiger partial charge is 0.489 e. The Morgan fingerprint density at radius 2 is 1.94 bits per heavy atom. The fourth-order valence-corrected chi connectivity index (χ4v) is 3.37. The molecule has 7 nitrogen and oxygen atoms in total. The van der Waals surface area contributed by atoms with Crippen molar-refractivity contribution in [2.75, 3.05) is 13.2 Å². The first kappa shape index (κ1) is 25.5. The minimum Gasteiger partial charge on any atom is -0.489 e. The monoisotopic (exact) mass is 463 g/mol. The van der Waals surface area contributed by atoms with Crippen LogP contribution in [0.1, 0.15) is 31.2 Å². The van der Waals surface area contributed by atoms with E-state index in [4.69, 9.17) is 15.0 Å². The van der Waals surface area contributed by atoms with Crippen LogP contribution in [-0.2, 0) is 23.6 Å². The molecule has 174 valence electrons. The first-order valence-electron chi connectivity index (χ1n) is 10.3. The zero-order valence-electron chi connectivity index (χ0n) is 18.6. The molecule has 0 aliphatic heterocycles. The third-order valence-electron chi connectivity index (χ3n) is 4.86. The van der Waals surface area contributed by atoms with Crippen LogP contribution < -0.4 is 10.5 Å². The van der Waals surface area contributed by atoms with E-state index in [-0.39, 0.29) is 18.0 Å². The van der Waals surface area contributed by atoms with Gasteiger partial charge in [0.1, 0.15) is 18.2 Å². The van der Waals surface area contributed by atoms with Gasteiger partial charge in [-0.25, -0.2) is 9.37 Å². The van der Waals surface area contributed by atoms with E-state index in [1.54, 1.807) is 12.1 Å². The van der Waals surface area contributed by atoms with E-state index in [9.17, 15) is 12.8 Å². The first-order valence-corrected chi connectivity index (χ1v) is 11.7. The number of hydrogen-bond donors (Lipinski definition) is 2. The Morgan fingerprint density at radius 3 is 2.50 bits per heavy atom. The van der Waals surface area contributed by atoms with Crippen molar-refractivity contribution in [2.45, 2.75) is 38.0 Å². The third-order valence-corrected chi connectivity index (χ3v) is 5.73.